The highest BCUT2D eigenvalue weighted by Gasteiger charge is 2.56. The average molecular weight is 576 g/mol. The molecule has 3 amide bonds. The van der Waals surface area contributed by atoms with Gasteiger partial charge in [0.15, 0.2) is 0 Å². The minimum atomic E-state index is -0.745. The summed E-state index contributed by atoms with van der Waals surface area (Å²) in [5, 5.41) is 3.19. The van der Waals surface area contributed by atoms with E-state index in [-0.39, 0.29) is 29.1 Å². The Bertz CT molecular complexity index is 1670. The summed E-state index contributed by atoms with van der Waals surface area (Å²) >= 11 is 8.26. The van der Waals surface area contributed by atoms with E-state index in [1.165, 1.54) is 21.2 Å². The Labute approximate surface area is 237 Å². The van der Waals surface area contributed by atoms with Gasteiger partial charge in [-0.25, -0.2) is 4.90 Å². The topological polar surface area (TPSA) is 88.5 Å². The van der Waals surface area contributed by atoms with E-state index in [2.05, 4.69) is 5.32 Å². The molecule has 10 heteroatoms. The van der Waals surface area contributed by atoms with Crippen LogP contribution in [0, 0.1) is 12.8 Å². The third kappa shape index (κ3) is 4.50. The number of carbonyl (C=O) groups excluding carboxylic acids is 3. The Morgan fingerprint density at radius 3 is 2.33 bits per heavy atom. The van der Waals surface area contributed by atoms with Gasteiger partial charge in [0.25, 0.3) is 0 Å². The molecule has 1 fully saturated rings. The molecule has 2 aliphatic rings. The van der Waals surface area contributed by atoms with Crippen molar-refractivity contribution in [2.45, 2.75) is 29.7 Å². The summed E-state index contributed by atoms with van der Waals surface area (Å²) in [6.07, 6.45) is 0. The molecular formula is C29H22ClN3O4S2. The zero-order valence-electron chi connectivity index (χ0n) is 20.7. The number of thioether (sulfide) groups is 1. The van der Waals surface area contributed by atoms with Gasteiger partial charge in [-0.3, -0.25) is 23.7 Å². The number of rotatable bonds is 5. The van der Waals surface area contributed by atoms with Crippen molar-refractivity contribution in [3.8, 4) is 0 Å². The molecule has 7 nitrogen and oxygen atoms in total. The van der Waals surface area contributed by atoms with Crippen LogP contribution >= 0.6 is 34.7 Å². The van der Waals surface area contributed by atoms with Crippen LogP contribution in [0.2, 0.25) is 5.02 Å². The van der Waals surface area contributed by atoms with E-state index in [4.69, 9.17) is 11.6 Å². The van der Waals surface area contributed by atoms with E-state index >= 15 is 0 Å². The molecule has 2 unspecified atom stereocenters. The summed E-state index contributed by atoms with van der Waals surface area (Å²) in [5.74, 6) is -2.20. The number of halogens is 1. The fraction of sp³-hybridized carbons (Fsp3) is 0.172. The van der Waals surface area contributed by atoms with Crippen molar-refractivity contribution in [3.05, 3.63) is 110 Å². The van der Waals surface area contributed by atoms with E-state index in [0.29, 0.717) is 26.3 Å². The maximum Gasteiger partial charge on any atom is 0.308 e. The minimum Gasteiger partial charge on any atom is -0.324 e. The van der Waals surface area contributed by atoms with Crippen LogP contribution in [0.5, 0.6) is 0 Å². The number of hydrogen-bond donors (Lipinski definition) is 1. The smallest absolute Gasteiger partial charge is 0.308 e. The second-order valence-corrected chi connectivity index (χ2v) is 12.0. The molecule has 196 valence electrons. The van der Waals surface area contributed by atoms with E-state index in [1.807, 2.05) is 55.5 Å². The van der Waals surface area contributed by atoms with Gasteiger partial charge in [0.05, 0.1) is 16.6 Å². The van der Waals surface area contributed by atoms with E-state index in [1.54, 1.807) is 30.3 Å². The van der Waals surface area contributed by atoms with Crippen LogP contribution in [0.15, 0.2) is 88.7 Å². The van der Waals surface area contributed by atoms with Gasteiger partial charge in [0.1, 0.15) is 11.8 Å². The van der Waals surface area contributed by atoms with Gasteiger partial charge in [-0.2, -0.15) is 0 Å². The largest absolute Gasteiger partial charge is 0.324 e. The first-order valence-corrected chi connectivity index (χ1v) is 14.3. The Hall–Kier alpha value is -3.66. The summed E-state index contributed by atoms with van der Waals surface area (Å²) in [7, 11) is 0. The van der Waals surface area contributed by atoms with E-state index < -0.39 is 17.1 Å². The predicted molar refractivity (Wildman–Crippen MR) is 154 cm³/mol. The lowest BCUT2D eigenvalue weighted by molar-refractivity contribution is -0.122. The highest BCUT2D eigenvalue weighted by Crippen LogP contribution is 2.53. The molecule has 0 aliphatic carbocycles. The number of nitrogens with zero attached hydrogens (tertiary/aromatic N) is 2. The fourth-order valence-electron chi connectivity index (χ4n) is 5.17. The first kappa shape index (κ1) is 25.6. The number of anilines is 2. The average Bonchev–Trinajstić information content (AvgIpc) is 3.37. The van der Waals surface area contributed by atoms with Gasteiger partial charge in [-0.05, 0) is 48.4 Å². The molecular weight excluding hydrogens is 554 g/mol. The normalized spacial score (nSPS) is 20.1. The van der Waals surface area contributed by atoms with Crippen LogP contribution in [0.25, 0.3) is 0 Å². The second-order valence-electron chi connectivity index (χ2n) is 9.43. The number of para-hydroxylation sites is 1. The number of thiazole rings is 1. The van der Waals surface area contributed by atoms with Crippen LogP contribution in [0.4, 0.5) is 11.4 Å². The molecule has 1 N–H and O–H groups in total. The zero-order valence-corrected chi connectivity index (χ0v) is 23.1. The number of hydrogen-bond acceptors (Lipinski definition) is 6. The lowest BCUT2D eigenvalue weighted by Crippen LogP contribution is -2.33. The standard InChI is InChI=1S/C29H22ClN3O4S2/c1-16-7-5-6-10-20(16)31-21(34)15-32-28-25(39-29(32)37)22(17-8-3-2-4-9-17)23-24(38-28)27(36)33(26(23)35)19-13-11-18(30)12-14-19/h2-14,22-24H,15H2,1H3,(H,31,34)/t22-,23?,24?/m1/s1. The third-order valence-corrected chi connectivity index (χ3v) is 9.87. The molecule has 1 aromatic heterocycles. The molecule has 0 saturated carbocycles. The number of imide groups is 1. The minimum absolute atomic E-state index is 0.200. The number of aryl methyl sites for hydroxylation is 1. The van der Waals surface area contributed by atoms with Crippen molar-refractivity contribution in [3.63, 3.8) is 0 Å². The number of fused-ring (bicyclic) bond motifs is 2. The molecule has 3 heterocycles. The van der Waals surface area contributed by atoms with Gasteiger partial charge in [0.2, 0.25) is 17.7 Å². The summed E-state index contributed by atoms with van der Waals surface area (Å²) in [6, 6.07) is 23.4. The Morgan fingerprint density at radius 1 is 0.923 bits per heavy atom. The highest BCUT2D eigenvalue weighted by molar-refractivity contribution is 8.00. The van der Waals surface area contributed by atoms with Gasteiger partial charge in [0, 0.05) is 21.5 Å². The first-order valence-electron chi connectivity index (χ1n) is 12.3. The highest BCUT2D eigenvalue weighted by atomic mass is 35.5. The van der Waals surface area contributed by atoms with Crippen LogP contribution in [-0.4, -0.2) is 27.5 Å². The van der Waals surface area contributed by atoms with Crippen molar-refractivity contribution in [1.29, 1.82) is 0 Å². The Morgan fingerprint density at radius 2 is 1.62 bits per heavy atom. The molecule has 4 aromatic rings. The van der Waals surface area contributed by atoms with Crippen molar-refractivity contribution >= 4 is 63.8 Å². The number of benzene rings is 3. The van der Waals surface area contributed by atoms with Crippen molar-refractivity contribution < 1.29 is 14.4 Å². The van der Waals surface area contributed by atoms with Crippen molar-refractivity contribution in [2.75, 3.05) is 10.2 Å². The maximum atomic E-state index is 13.8. The van der Waals surface area contributed by atoms with Crippen molar-refractivity contribution in [2.24, 2.45) is 5.92 Å². The number of aromatic nitrogens is 1. The molecule has 2 aliphatic heterocycles. The first-order chi connectivity index (χ1) is 18.8. The van der Waals surface area contributed by atoms with Gasteiger partial charge in [-0.1, -0.05) is 83.2 Å². The molecule has 39 heavy (non-hydrogen) atoms. The van der Waals surface area contributed by atoms with Gasteiger partial charge in [-0.15, -0.1) is 0 Å². The monoisotopic (exact) mass is 575 g/mol. The SMILES string of the molecule is Cc1ccccc1NC(=O)Cn1c2c(sc1=O)[C@H](c1ccccc1)C1C(=O)N(c3ccc(Cl)cc3)C(=O)C1S2. The van der Waals surface area contributed by atoms with Gasteiger partial charge < -0.3 is 5.32 Å². The Kier molecular flexibility index (Phi) is 6.66. The zero-order chi connectivity index (χ0) is 27.3. The molecule has 0 radical (unpaired) electrons. The lowest BCUT2D eigenvalue weighted by atomic mass is 9.83. The number of nitrogens with one attached hydrogen (secondary N) is 1. The predicted octanol–water partition coefficient (Wildman–Crippen LogP) is 5.31. The second kappa shape index (κ2) is 10.1. The Balaban J connectivity index is 1.40. The molecule has 0 spiro atoms. The maximum absolute atomic E-state index is 13.8. The number of amides is 3. The van der Waals surface area contributed by atoms with E-state index in [9.17, 15) is 19.2 Å². The van der Waals surface area contributed by atoms with Crippen molar-refractivity contribution in [1.82, 2.24) is 4.57 Å². The summed E-state index contributed by atoms with van der Waals surface area (Å²) in [5.41, 5.74) is 2.87. The quantitative estimate of drug-likeness (QED) is 0.326. The lowest BCUT2D eigenvalue weighted by Gasteiger charge is -2.30. The molecule has 0 bridgehead atoms. The van der Waals surface area contributed by atoms with E-state index in [0.717, 1.165) is 22.5 Å². The van der Waals surface area contributed by atoms with Crippen LogP contribution in [0.1, 0.15) is 21.9 Å². The molecule has 3 atom stereocenters. The number of carbonyl (C=O) groups is 3. The van der Waals surface area contributed by atoms with Crippen LogP contribution in [0.3, 0.4) is 0 Å². The summed E-state index contributed by atoms with van der Waals surface area (Å²) in [4.78, 5) is 55.4. The van der Waals surface area contributed by atoms with Gasteiger partial charge >= 0.3 is 4.87 Å². The van der Waals surface area contributed by atoms with Crippen LogP contribution < -0.4 is 15.1 Å². The third-order valence-electron chi connectivity index (χ3n) is 7.01. The summed E-state index contributed by atoms with van der Waals surface area (Å²) < 4.78 is 1.42. The fourth-order valence-corrected chi connectivity index (χ4v) is 8.07. The summed E-state index contributed by atoms with van der Waals surface area (Å²) in [6.45, 7) is 1.69. The molecule has 3 aromatic carbocycles. The van der Waals surface area contributed by atoms with Crippen LogP contribution in [-0.2, 0) is 20.9 Å². The molecule has 6 rings (SSSR count). The molecule has 1 saturated heterocycles.